The van der Waals surface area contributed by atoms with Crippen molar-refractivity contribution >= 4 is 17.6 Å². The number of hydrogen-bond acceptors (Lipinski definition) is 3. The van der Waals surface area contributed by atoms with Crippen LogP contribution in [0, 0.1) is 13.8 Å². The van der Waals surface area contributed by atoms with Gasteiger partial charge >= 0.3 is 5.97 Å². The van der Waals surface area contributed by atoms with Crippen LogP contribution in [0.5, 0.6) is 11.5 Å². The van der Waals surface area contributed by atoms with E-state index in [0.29, 0.717) is 24.2 Å². The van der Waals surface area contributed by atoms with E-state index < -0.39 is 11.4 Å². The summed E-state index contributed by atoms with van der Waals surface area (Å²) in [7, 11) is 0. The monoisotopic (exact) mass is 773 g/mol. The van der Waals surface area contributed by atoms with E-state index >= 15 is 0 Å². The molecule has 4 aromatic carbocycles. The first kappa shape index (κ1) is 45.4. The highest BCUT2D eigenvalue weighted by molar-refractivity contribution is 6.22. The molecule has 0 heterocycles. The van der Waals surface area contributed by atoms with Gasteiger partial charge < -0.3 is 15.3 Å². The molecule has 0 fully saturated rings. The maximum absolute atomic E-state index is 14.1. The predicted molar refractivity (Wildman–Crippen MR) is 243 cm³/mol. The van der Waals surface area contributed by atoms with Gasteiger partial charge in [-0.15, -0.1) is 0 Å². The first-order valence-electron chi connectivity index (χ1n) is 21.1. The van der Waals surface area contributed by atoms with Gasteiger partial charge in [0.05, 0.1) is 5.57 Å². The fourth-order valence-corrected chi connectivity index (χ4v) is 8.42. The fraction of sp³-hybridized carbons (Fsp3) is 0.491. The molecule has 4 nitrogen and oxygen atoms in total. The van der Waals surface area contributed by atoms with E-state index in [1.54, 1.807) is 0 Å². The molecule has 1 atom stereocenters. The molecule has 0 saturated carbocycles. The molecule has 4 rings (SSSR count). The van der Waals surface area contributed by atoms with Crippen LogP contribution < -0.4 is 0 Å². The van der Waals surface area contributed by atoms with Gasteiger partial charge in [-0.2, -0.15) is 0 Å². The third-order valence-corrected chi connectivity index (χ3v) is 11.5. The molecule has 0 spiro atoms. The first-order chi connectivity index (χ1) is 26.1. The molecule has 3 N–H and O–H groups in total. The van der Waals surface area contributed by atoms with Crippen LogP contribution in [0.2, 0.25) is 0 Å². The van der Waals surface area contributed by atoms with E-state index in [1.165, 1.54) is 5.56 Å². The number of aliphatic carboxylic acids is 1. The Morgan fingerprint density at radius 2 is 1.02 bits per heavy atom. The largest absolute Gasteiger partial charge is 0.507 e. The molecule has 0 radical (unpaired) electrons. The summed E-state index contributed by atoms with van der Waals surface area (Å²) in [6.07, 6.45) is 4.71. The summed E-state index contributed by atoms with van der Waals surface area (Å²) in [5.41, 5.74) is 12.4. The van der Waals surface area contributed by atoms with Gasteiger partial charge in [-0.25, -0.2) is 4.79 Å². The topological polar surface area (TPSA) is 77.8 Å². The molecule has 0 aromatic heterocycles. The van der Waals surface area contributed by atoms with Crippen molar-refractivity contribution in [1.29, 1.82) is 0 Å². The zero-order valence-corrected chi connectivity index (χ0v) is 38.4. The molecule has 308 valence electrons. The number of benzene rings is 4. The number of carbonyl (C=O) groups is 1. The fourth-order valence-electron chi connectivity index (χ4n) is 8.42. The second-order valence-corrected chi connectivity index (χ2v) is 20.6. The first-order valence-corrected chi connectivity index (χ1v) is 21.1. The Balaban J connectivity index is 2.22. The van der Waals surface area contributed by atoms with Crippen LogP contribution in [0.15, 0.2) is 48.5 Å². The zero-order chi connectivity index (χ0) is 43.2. The van der Waals surface area contributed by atoms with Gasteiger partial charge in [0.25, 0.3) is 0 Å². The second-order valence-electron chi connectivity index (χ2n) is 20.6. The lowest BCUT2D eigenvalue weighted by Gasteiger charge is -2.31. The quantitative estimate of drug-likeness (QED) is 0.111. The van der Waals surface area contributed by atoms with Crippen molar-refractivity contribution in [3.05, 3.63) is 126 Å². The molecule has 0 amide bonds. The predicted octanol–water partition coefficient (Wildman–Crippen LogP) is 13.8. The van der Waals surface area contributed by atoms with Crippen molar-refractivity contribution in [2.24, 2.45) is 0 Å². The molecule has 57 heavy (non-hydrogen) atoms. The van der Waals surface area contributed by atoms with Crippen molar-refractivity contribution in [3.8, 4) is 11.5 Å². The minimum Gasteiger partial charge on any atom is -0.507 e. The number of phenolic OH excluding ortho intramolecular Hbond substituents is 2. The summed E-state index contributed by atoms with van der Waals surface area (Å²) in [5.74, 6) is -0.679. The molecule has 0 bridgehead atoms. The average Bonchev–Trinajstić information content (AvgIpc) is 3.07. The van der Waals surface area contributed by atoms with E-state index in [1.807, 2.05) is 6.08 Å². The summed E-state index contributed by atoms with van der Waals surface area (Å²) >= 11 is 0. The highest BCUT2D eigenvalue weighted by Gasteiger charge is 2.33. The van der Waals surface area contributed by atoms with Crippen LogP contribution in [-0.2, 0) is 45.7 Å². The highest BCUT2D eigenvalue weighted by Crippen LogP contribution is 2.46. The van der Waals surface area contributed by atoms with Crippen molar-refractivity contribution in [2.75, 3.05) is 0 Å². The lowest BCUT2D eigenvalue weighted by molar-refractivity contribution is -0.130. The number of rotatable bonds is 10. The molecule has 1 unspecified atom stereocenters. The SMILES string of the molecule is CCc1cc(Cc2cc(CC)cc(C(C)(C)C)c2C=C(C(=O)O)c2c(C(CC)c3cc(C)cc(C(C)(C)C)c3O)cc(C)cc2C(C)(C)C)c(O)c(C(C)(C)C)c1. The van der Waals surface area contributed by atoms with Crippen molar-refractivity contribution in [3.63, 3.8) is 0 Å². The number of carboxylic acids is 1. The molecule has 0 saturated heterocycles. The zero-order valence-electron chi connectivity index (χ0n) is 38.4. The van der Waals surface area contributed by atoms with Crippen LogP contribution in [0.3, 0.4) is 0 Å². The van der Waals surface area contributed by atoms with E-state index in [2.05, 4.69) is 166 Å². The smallest absolute Gasteiger partial charge is 0.336 e. The van der Waals surface area contributed by atoms with E-state index in [4.69, 9.17) is 0 Å². The molecular weight excluding hydrogens is 701 g/mol. The summed E-state index contributed by atoms with van der Waals surface area (Å²) in [4.78, 5) is 14.1. The van der Waals surface area contributed by atoms with Crippen LogP contribution in [0.1, 0.15) is 194 Å². The van der Waals surface area contributed by atoms with Crippen molar-refractivity contribution < 1.29 is 20.1 Å². The summed E-state index contributed by atoms with van der Waals surface area (Å²) in [5, 5.41) is 35.4. The Bertz CT molecular complexity index is 2170. The number of hydrogen-bond donors (Lipinski definition) is 3. The van der Waals surface area contributed by atoms with Crippen molar-refractivity contribution in [2.45, 2.75) is 171 Å². The molecular formula is C53H72O4. The minimum atomic E-state index is -1.000. The maximum atomic E-state index is 14.1. The Morgan fingerprint density at radius 1 is 0.579 bits per heavy atom. The number of aryl methyl sites for hydroxylation is 4. The normalized spacial score (nSPS) is 13.6. The van der Waals surface area contributed by atoms with Gasteiger partial charge in [-0.3, -0.25) is 0 Å². The number of carboxylic acid groups (broad SMARTS) is 1. The van der Waals surface area contributed by atoms with Gasteiger partial charge in [0, 0.05) is 17.9 Å². The standard InChI is InChI=1S/C53H72O4/c1-18-33-25-35(29-36-26-34(19-2)28-45(47(36)54)53(15,16)17)38(42(27-33)50(6,7)8)30-41(49(56)57)46-39(21-31(4)23-43(46)51(9,10)11)37(20-3)40-22-32(5)24-44(48(40)55)52(12,13)14/h21-28,30,37,54-55H,18-20,29H2,1-17H3,(H,56,57). The van der Waals surface area contributed by atoms with Crippen LogP contribution in [-0.4, -0.2) is 21.3 Å². The Kier molecular flexibility index (Phi) is 13.1. The number of phenols is 2. The third kappa shape index (κ3) is 9.87. The summed E-state index contributed by atoms with van der Waals surface area (Å²) in [6, 6.07) is 17.1. The van der Waals surface area contributed by atoms with Crippen molar-refractivity contribution in [1.82, 2.24) is 0 Å². The lowest BCUT2D eigenvalue weighted by atomic mass is 9.73. The van der Waals surface area contributed by atoms with E-state index in [0.717, 1.165) is 79.6 Å². The summed E-state index contributed by atoms with van der Waals surface area (Å²) < 4.78 is 0. The second kappa shape index (κ2) is 16.5. The summed E-state index contributed by atoms with van der Waals surface area (Å²) in [6.45, 7) is 36.3. The average molecular weight is 773 g/mol. The molecule has 0 aliphatic rings. The number of aromatic hydroxyl groups is 2. The lowest BCUT2D eigenvalue weighted by Crippen LogP contribution is -2.20. The molecule has 4 heteroatoms. The van der Waals surface area contributed by atoms with E-state index in [-0.39, 0.29) is 33.5 Å². The van der Waals surface area contributed by atoms with Gasteiger partial charge in [0.1, 0.15) is 11.5 Å². The minimum absolute atomic E-state index is 0.231. The molecule has 0 aliphatic carbocycles. The Labute approximate surface area is 345 Å². The van der Waals surface area contributed by atoms with Crippen LogP contribution >= 0.6 is 0 Å². The Morgan fingerprint density at radius 3 is 1.47 bits per heavy atom. The highest BCUT2D eigenvalue weighted by atomic mass is 16.4. The Hall–Kier alpha value is -4.31. The molecule has 0 aliphatic heterocycles. The molecule has 4 aromatic rings. The van der Waals surface area contributed by atoms with Gasteiger partial charge in [-0.05, 0) is 122 Å². The van der Waals surface area contributed by atoms with Gasteiger partial charge in [0.15, 0.2) is 0 Å². The van der Waals surface area contributed by atoms with E-state index in [9.17, 15) is 20.1 Å². The van der Waals surface area contributed by atoms with Crippen LogP contribution in [0.25, 0.3) is 11.6 Å². The van der Waals surface area contributed by atoms with Gasteiger partial charge in [-0.1, -0.05) is 164 Å². The van der Waals surface area contributed by atoms with Crippen LogP contribution in [0.4, 0.5) is 0 Å². The maximum Gasteiger partial charge on any atom is 0.336 e. The van der Waals surface area contributed by atoms with Gasteiger partial charge in [0.2, 0.25) is 0 Å². The third-order valence-electron chi connectivity index (χ3n) is 11.5.